The maximum Gasteiger partial charge on any atom is 0.0453 e. The van der Waals surface area contributed by atoms with Gasteiger partial charge in [0.05, 0.1) is 0 Å². The molecule has 0 bridgehead atoms. The molecular formula is C14H13NS. The normalized spacial score (nSPS) is 9.25. The molecular weight excluding hydrogens is 214 g/mol. The third kappa shape index (κ3) is 3.11. The quantitative estimate of drug-likeness (QED) is 0.633. The summed E-state index contributed by atoms with van der Waals surface area (Å²) in [6.45, 7) is 0. The van der Waals surface area contributed by atoms with Crippen molar-refractivity contribution in [3.63, 3.8) is 0 Å². The Morgan fingerprint density at radius 3 is 2.00 bits per heavy atom. The predicted octanol–water partition coefficient (Wildman–Crippen LogP) is 4.43. The van der Waals surface area contributed by atoms with E-state index in [1.165, 1.54) is 11.3 Å². The van der Waals surface area contributed by atoms with Crippen LogP contribution in [0.2, 0.25) is 0 Å². The Kier molecular flexibility index (Phi) is 3.97. The summed E-state index contributed by atoms with van der Waals surface area (Å²) in [7, 11) is 0. The van der Waals surface area contributed by atoms with E-state index in [0.29, 0.717) is 0 Å². The van der Waals surface area contributed by atoms with E-state index in [1.54, 1.807) is 11.3 Å². The minimum Gasteiger partial charge on any atom is -0.361 e. The Labute approximate surface area is 99.4 Å². The van der Waals surface area contributed by atoms with Crippen LogP contribution in [0.5, 0.6) is 0 Å². The van der Waals surface area contributed by atoms with Crippen LogP contribution < -0.4 is 0 Å². The second-order valence-corrected chi connectivity index (χ2v) is 4.06. The minimum absolute atomic E-state index is 1.17. The number of hydrogen-bond donors (Lipinski definition) is 1. The van der Waals surface area contributed by atoms with Gasteiger partial charge in [0.2, 0.25) is 0 Å². The molecule has 0 aliphatic rings. The monoisotopic (exact) mass is 227 g/mol. The lowest BCUT2D eigenvalue weighted by molar-refractivity contribution is 1.40. The molecule has 1 aromatic carbocycles. The molecule has 0 unspecified atom stereocenters. The molecule has 3 rings (SSSR count). The van der Waals surface area contributed by atoms with Crippen LogP contribution in [0.4, 0.5) is 0 Å². The first-order chi connectivity index (χ1) is 7.97. The molecule has 0 saturated heterocycles. The summed E-state index contributed by atoms with van der Waals surface area (Å²) in [5.74, 6) is 0. The summed E-state index contributed by atoms with van der Waals surface area (Å²) in [6, 6.07) is 18.4. The molecule has 16 heavy (non-hydrogen) atoms. The standard InChI is InChI=1S/C10H9N.C4H4S/c1-2-5-9(6-3-1)10-7-4-8-11-10;1-2-4-5-3-1/h1-8,11H;1-4H. The average molecular weight is 227 g/mol. The Balaban J connectivity index is 0.000000162. The zero-order valence-electron chi connectivity index (χ0n) is 8.84. The number of hydrogen-bond acceptors (Lipinski definition) is 1. The maximum atomic E-state index is 3.15. The summed E-state index contributed by atoms with van der Waals surface area (Å²) in [6.07, 6.45) is 1.93. The maximum absolute atomic E-state index is 3.15. The zero-order chi connectivity index (χ0) is 11.1. The third-order valence-corrected chi connectivity index (χ3v) is 2.74. The van der Waals surface area contributed by atoms with Gasteiger partial charge in [-0.25, -0.2) is 0 Å². The average Bonchev–Trinajstić information content (AvgIpc) is 3.07. The van der Waals surface area contributed by atoms with Crippen LogP contribution >= 0.6 is 11.3 Å². The lowest BCUT2D eigenvalue weighted by atomic mass is 10.2. The van der Waals surface area contributed by atoms with Crippen LogP contribution in [-0.2, 0) is 0 Å². The van der Waals surface area contributed by atoms with Crippen molar-refractivity contribution in [2.24, 2.45) is 0 Å². The molecule has 0 radical (unpaired) electrons. The molecule has 0 aliphatic carbocycles. The molecule has 0 spiro atoms. The largest absolute Gasteiger partial charge is 0.361 e. The van der Waals surface area contributed by atoms with E-state index in [2.05, 4.69) is 23.2 Å². The lowest BCUT2D eigenvalue weighted by Gasteiger charge is -1.94. The van der Waals surface area contributed by atoms with E-state index >= 15 is 0 Å². The Morgan fingerprint density at radius 2 is 1.50 bits per heavy atom. The third-order valence-electron chi connectivity index (χ3n) is 2.11. The van der Waals surface area contributed by atoms with Gasteiger partial charge in [-0.3, -0.25) is 0 Å². The smallest absolute Gasteiger partial charge is 0.0453 e. The fraction of sp³-hybridized carbons (Fsp3) is 0. The molecule has 0 atom stereocenters. The van der Waals surface area contributed by atoms with Crippen LogP contribution in [-0.4, -0.2) is 4.98 Å². The lowest BCUT2D eigenvalue weighted by Crippen LogP contribution is -1.73. The SMILES string of the molecule is c1ccc(-c2ccc[nH]2)cc1.c1ccsc1. The first-order valence-electron chi connectivity index (χ1n) is 5.13. The Hall–Kier alpha value is -1.80. The van der Waals surface area contributed by atoms with Crippen molar-refractivity contribution in [2.45, 2.75) is 0 Å². The fourth-order valence-electron chi connectivity index (χ4n) is 1.35. The van der Waals surface area contributed by atoms with E-state index in [9.17, 15) is 0 Å². The molecule has 3 aromatic rings. The topological polar surface area (TPSA) is 15.8 Å². The van der Waals surface area contributed by atoms with Gasteiger partial charge >= 0.3 is 0 Å². The van der Waals surface area contributed by atoms with Gasteiger partial charge in [0, 0.05) is 11.9 Å². The summed E-state index contributed by atoms with van der Waals surface area (Å²) >= 11 is 1.71. The summed E-state index contributed by atoms with van der Waals surface area (Å²) < 4.78 is 0. The van der Waals surface area contributed by atoms with Crippen molar-refractivity contribution in [1.29, 1.82) is 0 Å². The predicted molar refractivity (Wildman–Crippen MR) is 70.5 cm³/mol. The van der Waals surface area contributed by atoms with Crippen molar-refractivity contribution in [3.8, 4) is 11.3 Å². The van der Waals surface area contributed by atoms with Gasteiger partial charge in [-0.05, 0) is 28.5 Å². The van der Waals surface area contributed by atoms with Gasteiger partial charge in [-0.1, -0.05) is 42.5 Å². The molecule has 0 aliphatic heterocycles. The van der Waals surface area contributed by atoms with Gasteiger partial charge in [-0.15, -0.1) is 0 Å². The summed E-state index contributed by atoms with van der Waals surface area (Å²) in [5.41, 5.74) is 2.41. The van der Waals surface area contributed by atoms with Crippen LogP contribution in [0, 0.1) is 0 Å². The van der Waals surface area contributed by atoms with Crippen molar-refractivity contribution >= 4 is 11.3 Å². The van der Waals surface area contributed by atoms with Crippen LogP contribution in [0.3, 0.4) is 0 Å². The number of nitrogens with one attached hydrogen (secondary N) is 1. The van der Waals surface area contributed by atoms with E-state index in [1.807, 2.05) is 53.4 Å². The molecule has 2 aromatic heterocycles. The molecule has 2 heteroatoms. The van der Waals surface area contributed by atoms with Gasteiger partial charge < -0.3 is 4.98 Å². The molecule has 0 fully saturated rings. The van der Waals surface area contributed by atoms with E-state index in [0.717, 1.165) is 0 Å². The summed E-state index contributed by atoms with van der Waals surface area (Å²) in [4.78, 5) is 3.15. The molecule has 1 N–H and O–H groups in total. The van der Waals surface area contributed by atoms with E-state index in [4.69, 9.17) is 0 Å². The van der Waals surface area contributed by atoms with Gasteiger partial charge in [0.15, 0.2) is 0 Å². The van der Waals surface area contributed by atoms with Crippen LogP contribution in [0.25, 0.3) is 11.3 Å². The highest BCUT2D eigenvalue weighted by molar-refractivity contribution is 7.07. The van der Waals surface area contributed by atoms with Crippen molar-refractivity contribution in [2.75, 3.05) is 0 Å². The second-order valence-electron chi connectivity index (χ2n) is 3.24. The minimum atomic E-state index is 1.17. The molecule has 1 nitrogen and oxygen atoms in total. The first kappa shape index (κ1) is 10.7. The number of aromatic amines is 1. The van der Waals surface area contributed by atoms with E-state index in [-0.39, 0.29) is 0 Å². The zero-order valence-corrected chi connectivity index (χ0v) is 9.65. The highest BCUT2D eigenvalue weighted by atomic mass is 32.1. The van der Waals surface area contributed by atoms with Crippen LogP contribution in [0.15, 0.2) is 71.6 Å². The molecule has 80 valence electrons. The highest BCUT2D eigenvalue weighted by Crippen LogP contribution is 2.14. The second kappa shape index (κ2) is 5.93. The van der Waals surface area contributed by atoms with Gasteiger partial charge in [0.25, 0.3) is 0 Å². The molecule has 0 saturated carbocycles. The van der Waals surface area contributed by atoms with Gasteiger partial charge in [-0.2, -0.15) is 11.3 Å². The number of benzene rings is 1. The highest BCUT2D eigenvalue weighted by Gasteiger charge is 1.92. The Bertz CT molecular complexity index is 451. The number of H-pyrrole nitrogens is 1. The molecule has 0 amide bonds. The van der Waals surface area contributed by atoms with Crippen LogP contribution in [0.1, 0.15) is 0 Å². The summed E-state index contributed by atoms with van der Waals surface area (Å²) in [5, 5.41) is 4.08. The number of thiophene rings is 1. The fourth-order valence-corrected chi connectivity index (χ4v) is 1.81. The van der Waals surface area contributed by atoms with Crippen molar-refractivity contribution in [3.05, 3.63) is 71.6 Å². The number of rotatable bonds is 1. The Morgan fingerprint density at radius 1 is 0.750 bits per heavy atom. The van der Waals surface area contributed by atoms with Gasteiger partial charge in [0.1, 0.15) is 0 Å². The van der Waals surface area contributed by atoms with Crippen molar-refractivity contribution in [1.82, 2.24) is 4.98 Å². The molecule has 2 heterocycles. The first-order valence-corrected chi connectivity index (χ1v) is 6.07. The number of aromatic nitrogens is 1. The van der Waals surface area contributed by atoms with Crippen molar-refractivity contribution < 1.29 is 0 Å². The van der Waals surface area contributed by atoms with E-state index < -0.39 is 0 Å².